The van der Waals surface area contributed by atoms with Gasteiger partial charge >= 0.3 is 0 Å². The van der Waals surface area contributed by atoms with E-state index >= 15 is 0 Å². The van der Waals surface area contributed by atoms with Gasteiger partial charge in [0.1, 0.15) is 0 Å². The van der Waals surface area contributed by atoms with Gasteiger partial charge < -0.3 is 4.90 Å². The summed E-state index contributed by atoms with van der Waals surface area (Å²) < 4.78 is 0. The highest BCUT2D eigenvalue weighted by Crippen LogP contribution is 2.22. The van der Waals surface area contributed by atoms with Gasteiger partial charge in [-0.2, -0.15) is 0 Å². The van der Waals surface area contributed by atoms with Crippen molar-refractivity contribution in [2.24, 2.45) is 0 Å². The highest BCUT2D eigenvalue weighted by molar-refractivity contribution is 5.78. The van der Waals surface area contributed by atoms with Gasteiger partial charge in [-0.3, -0.25) is 20.2 Å². The van der Waals surface area contributed by atoms with E-state index in [1.165, 1.54) is 17.0 Å². The van der Waals surface area contributed by atoms with Crippen LogP contribution in [0.5, 0.6) is 0 Å². The van der Waals surface area contributed by atoms with Crippen LogP contribution in [0, 0.1) is 22.5 Å². The molecule has 6 nitrogen and oxygen atoms in total. The van der Waals surface area contributed by atoms with Crippen LogP contribution in [-0.4, -0.2) is 35.9 Å². The fourth-order valence-electron chi connectivity index (χ4n) is 1.70. The number of non-ortho nitro benzene ring substituents is 1. The first kappa shape index (κ1) is 15.7. The lowest BCUT2D eigenvalue weighted by molar-refractivity contribution is -0.384. The molecule has 0 aliphatic rings. The second-order valence-corrected chi connectivity index (χ2v) is 4.34. The molecule has 1 N–H and O–H groups in total. The van der Waals surface area contributed by atoms with Crippen molar-refractivity contribution in [3.05, 3.63) is 39.9 Å². The molecule has 0 heterocycles. The Bertz CT molecular complexity index is 537. The molecule has 1 rings (SSSR count). The maximum absolute atomic E-state index is 11.9. The number of carbonyl (C=O) groups excluding carboxylic acids is 1. The number of amides is 1. The molecule has 1 amide bonds. The summed E-state index contributed by atoms with van der Waals surface area (Å²) in [5, 5.41) is 13.6. The average molecular weight is 275 g/mol. The van der Waals surface area contributed by atoms with E-state index in [-0.39, 0.29) is 24.2 Å². The Morgan fingerprint density at radius 2 is 2.30 bits per heavy atom. The molecule has 0 aromatic heterocycles. The average Bonchev–Trinajstić information content (AvgIpc) is 2.45. The number of carbonyl (C=O) groups is 1. The molecule has 20 heavy (non-hydrogen) atoms. The zero-order valence-electron chi connectivity index (χ0n) is 11.5. The van der Waals surface area contributed by atoms with E-state index in [1.807, 2.05) is 6.92 Å². The van der Waals surface area contributed by atoms with Crippen LogP contribution in [0.25, 0.3) is 0 Å². The molecule has 1 atom stereocenters. The summed E-state index contributed by atoms with van der Waals surface area (Å²) in [7, 11) is 1.66. The topological polar surface area (TPSA) is 75.5 Å². The number of hydrogen-bond acceptors (Lipinski definition) is 4. The molecule has 0 radical (unpaired) electrons. The molecular formula is C14H17N3O3. The number of likely N-dealkylation sites (N-methyl/N-ethyl adjacent to an activating group) is 1. The summed E-state index contributed by atoms with van der Waals surface area (Å²) in [6, 6.07) is 6.01. The number of benzene rings is 1. The maximum atomic E-state index is 11.9. The second-order valence-electron chi connectivity index (χ2n) is 4.34. The largest absolute Gasteiger partial charge is 0.338 e. The van der Waals surface area contributed by atoms with Crippen molar-refractivity contribution in [3.63, 3.8) is 0 Å². The van der Waals surface area contributed by atoms with Crippen molar-refractivity contribution in [1.29, 1.82) is 0 Å². The zero-order chi connectivity index (χ0) is 15.1. The Balaban J connectivity index is 2.76. The Labute approximate surface area is 117 Å². The Hall–Kier alpha value is -2.39. The van der Waals surface area contributed by atoms with Gasteiger partial charge in [-0.15, -0.1) is 6.42 Å². The fraction of sp³-hybridized carbons (Fsp3) is 0.357. The van der Waals surface area contributed by atoms with E-state index in [0.29, 0.717) is 12.1 Å². The Kier molecular flexibility index (Phi) is 5.69. The molecule has 106 valence electrons. The molecular weight excluding hydrogens is 258 g/mol. The van der Waals surface area contributed by atoms with Crippen molar-refractivity contribution < 1.29 is 9.72 Å². The summed E-state index contributed by atoms with van der Waals surface area (Å²) in [6.45, 7) is 2.28. The predicted molar refractivity (Wildman–Crippen MR) is 76.0 cm³/mol. The summed E-state index contributed by atoms with van der Waals surface area (Å²) in [5.74, 6) is 2.26. The minimum Gasteiger partial charge on any atom is -0.338 e. The van der Waals surface area contributed by atoms with E-state index in [2.05, 4.69) is 11.2 Å². The van der Waals surface area contributed by atoms with Gasteiger partial charge in [0.25, 0.3) is 5.69 Å². The van der Waals surface area contributed by atoms with E-state index in [1.54, 1.807) is 19.2 Å². The summed E-state index contributed by atoms with van der Waals surface area (Å²) >= 11 is 0. The number of hydrogen-bond donors (Lipinski definition) is 1. The Morgan fingerprint density at radius 3 is 2.90 bits per heavy atom. The van der Waals surface area contributed by atoms with Crippen molar-refractivity contribution in [2.75, 3.05) is 20.1 Å². The molecule has 0 saturated carbocycles. The molecule has 1 aromatic rings. The van der Waals surface area contributed by atoms with E-state index in [4.69, 9.17) is 6.42 Å². The van der Waals surface area contributed by atoms with Crippen molar-refractivity contribution >= 4 is 11.6 Å². The third kappa shape index (κ3) is 4.07. The normalized spacial score (nSPS) is 11.4. The molecule has 0 spiro atoms. The molecule has 0 aliphatic heterocycles. The van der Waals surface area contributed by atoms with E-state index < -0.39 is 4.92 Å². The third-order valence-corrected chi connectivity index (χ3v) is 3.04. The number of nitro benzene ring substituents is 1. The zero-order valence-corrected chi connectivity index (χ0v) is 11.5. The first-order valence-electron chi connectivity index (χ1n) is 6.11. The van der Waals surface area contributed by atoms with Crippen LogP contribution in [0.15, 0.2) is 24.3 Å². The third-order valence-electron chi connectivity index (χ3n) is 3.04. The van der Waals surface area contributed by atoms with Crippen molar-refractivity contribution in [1.82, 2.24) is 10.2 Å². The molecule has 0 bridgehead atoms. The number of nitro groups is 1. The first-order chi connectivity index (χ1) is 9.47. The van der Waals surface area contributed by atoms with Crippen LogP contribution >= 0.6 is 0 Å². The molecule has 0 fully saturated rings. The highest BCUT2D eigenvalue weighted by Gasteiger charge is 2.18. The summed E-state index contributed by atoms with van der Waals surface area (Å²) in [5.41, 5.74) is 0.729. The van der Waals surface area contributed by atoms with Crippen LogP contribution in [0.1, 0.15) is 18.5 Å². The van der Waals surface area contributed by atoms with E-state index in [0.717, 1.165) is 0 Å². The van der Waals surface area contributed by atoms with E-state index in [9.17, 15) is 14.9 Å². The molecule has 0 saturated heterocycles. The summed E-state index contributed by atoms with van der Waals surface area (Å²) in [6.07, 6.45) is 5.09. The van der Waals surface area contributed by atoms with Crippen molar-refractivity contribution in [3.8, 4) is 12.3 Å². The summed E-state index contributed by atoms with van der Waals surface area (Å²) in [4.78, 5) is 23.7. The maximum Gasteiger partial charge on any atom is 0.269 e. The van der Waals surface area contributed by atoms with Gasteiger partial charge in [-0.25, -0.2) is 0 Å². The molecule has 1 unspecified atom stereocenters. The van der Waals surface area contributed by atoms with Crippen LogP contribution in [0.3, 0.4) is 0 Å². The predicted octanol–water partition coefficient (Wildman–Crippen LogP) is 1.34. The minimum atomic E-state index is -0.452. The van der Waals surface area contributed by atoms with Gasteiger partial charge in [-0.05, 0) is 12.5 Å². The lowest BCUT2D eigenvalue weighted by Gasteiger charge is -2.25. The monoisotopic (exact) mass is 275 g/mol. The molecule has 1 aromatic carbocycles. The van der Waals surface area contributed by atoms with Gasteiger partial charge in [-0.1, -0.05) is 18.1 Å². The van der Waals surface area contributed by atoms with Gasteiger partial charge in [0, 0.05) is 19.2 Å². The number of nitrogens with one attached hydrogen (secondary N) is 1. The molecule has 0 aliphatic carbocycles. The lowest BCUT2D eigenvalue weighted by atomic mass is 10.1. The minimum absolute atomic E-state index is 0.0145. The number of nitrogens with zero attached hydrogens (tertiary/aromatic N) is 2. The SMILES string of the molecule is C#CCNCC(=O)N(C)C(C)c1cccc([N+](=O)[O-])c1. The van der Waals surface area contributed by atoms with Gasteiger partial charge in [0.15, 0.2) is 0 Å². The number of rotatable bonds is 6. The highest BCUT2D eigenvalue weighted by atomic mass is 16.6. The number of terminal acetylenes is 1. The quantitative estimate of drug-likeness (QED) is 0.368. The van der Waals surface area contributed by atoms with Crippen LogP contribution < -0.4 is 5.32 Å². The van der Waals surface area contributed by atoms with Crippen LogP contribution in [0.2, 0.25) is 0 Å². The van der Waals surface area contributed by atoms with Crippen LogP contribution in [-0.2, 0) is 4.79 Å². The van der Waals surface area contributed by atoms with Gasteiger partial charge in [0.2, 0.25) is 5.91 Å². The lowest BCUT2D eigenvalue weighted by Crippen LogP contribution is -2.37. The smallest absolute Gasteiger partial charge is 0.269 e. The first-order valence-corrected chi connectivity index (χ1v) is 6.11. The van der Waals surface area contributed by atoms with Crippen molar-refractivity contribution in [2.45, 2.75) is 13.0 Å². The fourth-order valence-corrected chi connectivity index (χ4v) is 1.70. The van der Waals surface area contributed by atoms with Crippen LogP contribution in [0.4, 0.5) is 5.69 Å². The standard InChI is InChI=1S/C14H17N3O3/c1-4-8-15-10-14(18)16(3)11(2)12-6-5-7-13(9-12)17(19)20/h1,5-7,9,11,15H,8,10H2,2-3H3. The Morgan fingerprint density at radius 1 is 1.60 bits per heavy atom. The molecule has 6 heteroatoms. The van der Waals surface area contributed by atoms with Gasteiger partial charge in [0.05, 0.1) is 24.1 Å². The second kappa shape index (κ2) is 7.26.